The highest BCUT2D eigenvalue weighted by Crippen LogP contribution is 2.05. The lowest BCUT2D eigenvalue weighted by Crippen LogP contribution is -2.29. The Balaban J connectivity index is 3.61. The largest absolute Gasteiger partial charge is 0.459 e. The van der Waals surface area contributed by atoms with Gasteiger partial charge in [0.25, 0.3) is 0 Å². The first-order chi connectivity index (χ1) is 5.45. The third-order valence-corrected chi connectivity index (χ3v) is 0.951. The van der Waals surface area contributed by atoms with Crippen LogP contribution in [-0.4, -0.2) is 18.1 Å². The SMILES string of the molecule is CC=CNCC(=O)OC(C)(C)C. The number of carbonyl (C=O) groups excluding carboxylic acids is 1. The maximum absolute atomic E-state index is 11.0. The van der Waals surface area contributed by atoms with Crippen LogP contribution in [0.3, 0.4) is 0 Å². The zero-order valence-corrected chi connectivity index (χ0v) is 8.18. The number of ether oxygens (including phenoxy) is 1. The Hall–Kier alpha value is -0.990. The monoisotopic (exact) mass is 171 g/mol. The molecule has 0 aromatic rings. The van der Waals surface area contributed by atoms with Gasteiger partial charge in [0.1, 0.15) is 12.1 Å². The van der Waals surface area contributed by atoms with Crippen LogP contribution in [0.25, 0.3) is 0 Å². The van der Waals surface area contributed by atoms with E-state index in [1.165, 1.54) is 0 Å². The van der Waals surface area contributed by atoms with Crippen LogP contribution < -0.4 is 5.32 Å². The molecular weight excluding hydrogens is 154 g/mol. The van der Waals surface area contributed by atoms with Crippen molar-refractivity contribution in [2.75, 3.05) is 6.54 Å². The molecule has 0 heterocycles. The van der Waals surface area contributed by atoms with Crippen LogP contribution in [0.5, 0.6) is 0 Å². The number of hydrogen-bond donors (Lipinski definition) is 1. The van der Waals surface area contributed by atoms with Crippen molar-refractivity contribution in [2.24, 2.45) is 0 Å². The predicted octanol–water partition coefficient (Wildman–Crippen LogP) is 1.45. The van der Waals surface area contributed by atoms with Gasteiger partial charge in [-0.2, -0.15) is 0 Å². The van der Waals surface area contributed by atoms with Crippen molar-refractivity contribution in [2.45, 2.75) is 33.3 Å². The minimum atomic E-state index is -0.394. The van der Waals surface area contributed by atoms with Crippen LogP contribution in [0.1, 0.15) is 27.7 Å². The van der Waals surface area contributed by atoms with Crippen molar-refractivity contribution in [3.63, 3.8) is 0 Å². The Morgan fingerprint density at radius 1 is 1.50 bits per heavy atom. The fourth-order valence-corrected chi connectivity index (χ4v) is 0.638. The van der Waals surface area contributed by atoms with Gasteiger partial charge in [0.2, 0.25) is 0 Å². The smallest absolute Gasteiger partial charge is 0.325 e. The van der Waals surface area contributed by atoms with E-state index in [2.05, 4.69) is 5.32 Å². The van der Waals surface area contributed by atoms with E-state index in [-0.39, 0.29) is 12.5 Å². The quantitative estimate of drug-likeness (QED) is 0.653. The number of nitrogens with one attached hydrogen (secondary N) is 1. The average Bonchev–Trinajstić information content (AvgIpc) is 1.84. The minimum Gasteiger partial charge on any atom is -0.459 e. The van der Waals surface area contributed by atoms with Crippen LogP contribution in [0.15, 0.2) is 12.3 Å². The number of carbonyl (C=O) groups is 1. The summed E-state index contributed by atoms with van der Waals surface area (Å²) < 4.78 is 5.05. The summed E-state index contributed by atoms with van der Waals surface area (Å²) in [6, 6.07) is 0. The standard InChI is InChI=1S/C9H17NO2/c1-5-6-10-7-8(11)12-9(2,3)4/h5-6,10H,7H2,1-4H3. The van der Waals surface area contributed by atoms with E-state index in [1.54, 1.807) is 6.20 Å². The molecule has 1 N–H and O–H groups in total. The summed E-state index contributed by atoms with van der Waals surface area (Å²) in [5, 5.41) is 2.80. The lowest BCUT2D eigenvalue weighted by molar-refractivity contribution is -0.153. The molecule has 0 saturated heterocycles. The molecule has 0 aliphatic carbocycles. The molecule has 0 radical (unpaired) electrons. The molecule has 0 saturated carbocycles. The van der Waals surface area contributed by atoms with E-state index in [0.717, 1.165) is 0 Å². The van der Waals surface area contributed by atoms with Crippen LogP contribution >= 0.6 is 0 Å². The molecule has 3 nitrogen and oxygen atoms in total. The Kier molecular flexibility index (Phi) is 4.40. The van der Waals surface area contributed by atoms with Gasteiger partial charge in [0.15, 0.2) is 0 Å². The Morgan fingerprint density at radius 2 is 2.08 bits per heavy atom. The highest BCUT2D eigenvalue weighted by atomic mass is 16.6. The molecule has 0 aliphatic heterocycles. The van der Waals surface area contributed by atoms with E-state index in [9.17, 15) is 4.79 Å². The highest BCUT2D eigenvalue weighted by Gasteiger charge is 2.14. The molecule has 0 atom stereocenters. The molecule has 0 aromatic heterocycles. The maximum atomic E-state index is 11.0. The fraction of sp³-hybridized carbons (Fsp3) is 0.667. The minimum absolute atomic E-state index is 0.224. The van der Waals surface area contributed by atoms with E-state index in [1.807, 2.05) is 33.8 Å². The molecular formula is C9H17NO2. The molecule has 0 bridgehead atoms. The maximum Gasteiger partial charge on any atom is 0.325 e. The summed E-state index contributed by atoms with van der Waals surface area (Å²) in [5.41, 5.74) is -0.394. The van der Waals surface area contributed by atoms with E-state index in [0.29, 0.717) is 0 Å². The van der Waals surface area contributed by atoms with Crippen LogP contribution in [0.2, 0.25) is 0 Å². The second kappa shape index (κ2) is 4.80. The molecule has 70 valence electrons. The third-order valence-electron chi connectivity index (χ3n) is 0.951. The topological polar surface area (TPSA) is 38.3 Å². The second-order valence-electron chi connectivity index (χ2n) is 3.47. The molecule has 0 spiro atoms. The van der Waals surface area contributed by atoms with Gasteiger partial charge < -0.3 is 10.1 Å². The Labute approximate surface area is 73.8 Å². The van der Waals surface area contributed by atoms with Gasteiger partial charge in [-0.1, -0.05) is 6.08 Å². The van der Waals surface area contributed by atoms with Gasteiger partial charge in [-0.05, 0) is 33.9 Å². The molecule has 0 aromatic carbocycles. The first-order valence-corrected chi connectivity index (χ1v) is 4.02. The summed E-state index contributed by atoms with van der Waals surface area (Å²) in [6.07, 6.45) is 3.54. The molecule has 12 heavy (non-hydrogen) atoms. The highest BCUT2D eigenvalue weighted by molar-refractivity contribution is 5.72. The van der Waals surface area contributed by atoms with E-state index < -0.39 is 5.60 Å². The lowest BCUT2D eigenvalue weighted by atomic mass is 10.2. The van der Waals surface area contributed by atoms with Gasteiger partial charge in [-0.3, -0.25) is 4.79 Å². The van der Waals surface area contributed by atoms with Crippen molar-refractivity contribution in [1.29, 1.82) is 0 Å². The summed E-state index contributed by atoms with van der Waals surface area (Å²) in [6.45, 7) is 7.64. The van der Waals surface area contributed by atoms with Crippen molar-refractivity contribution in [3.8, 4) is 0 Å². The number of allylic oxidation sites excluding steroid dienone is 1. The molecule has 0 fully saturated rings. The average molecular weight is 171 g/mol. The first-order valence-electron chi connectivity index (χ1n) is 4.02. The van der Waals surface area contributed by atoms with Gasteiger partial charge in [-0.15, -0.1) is 0 Å². The second-order valence-corrected chi connectivity index (χ2v) is 3.47. The fourth-order valence-electron chi connectivity index (χ4n) is 0.638. The Bertz CT molecular complexity index is 168. The zero-order valence-electron chi connectivity index (χ0n) is 8.18. The van der Waals surface area contributed by atoms with Crippen molar-refractivity contribution in [3.05, 3.63) is 12.3 Å². The predicted molar refractivity (Wildman–Crippen MR) is 48.7 cm³/mol. The summed E-state index contributed by atoms with van der Waals surface area (Å²) >= 11 is 0. The molecule has 0 aliphatic rings. The molecule has 0 unspecified atom stereocenters. The third kappa shape index (κ3) is 7.12. The van der Waals surface area contributed by atoms with Crippen molar-refractivity contribution < 1.29 is 9.53 Å². The Morgan fingerprint density at radius 3 is 2.50 bits per heavy atom. The molecule has 3 heteroatoms. The van der Waals surface area contributed by atoms with E-state index >= 15 is 0 Å². The number of hydrogen-bond acceptors (Lipinski definition) is 3. The van der Waals surface area contributed by atoms with Crippen LogP contribution in [0, 0.1) is 0 Å². The van der Waals surface area contributed by atoms with Gasteiger partial charge in [0.05, 0.1) is 0 Å². The number of rotatable bonds is 3. The number of esters is 1. The first kappa shape index (κ1) is 11.0. The molecule has 0 amide bonds. The van der Waals surface area contributed by atoms with Crippen molar-refractivity contribution in [1.82, 2.24) is 5.32 Å². The normalized spacial score (nSPS) is 11.7. The van der Waals surface area contributed by atoms with Crippen LogP contribution in [-0.2, 0) is 9.53 Å². The summed E-state index contributed by atoms with van der Waals surface area (Å²) in [4.78, 5) is 11.0. The van der Waals surface area contributed by atoms with Crippen molar-refractivity contribution >= 4 is 5.97 Å². The molecule has 0 rings (SSSR count). The lowest BCUT2D eigenvalue weighted by Gasteiger charge is -2.19. The summed E-state index contributed by atoms with van der Waals surface area (Å²) in [7, 11) is 0. The van der Waals surface area contributed by atoms with Gasteiger partial charge in [0, 0.05) is 0 Å². The van der Waals surface area contributed by atoms with Gasteiger partial charge in [-0.25, -0.2) is 0 Å². The van der Waals surface area contributed by atoms with Gasteiger partial charge >= 0.3 is 5.97 Å². The summed E-state index contributed by atoms with van der Waals surface area (Å²) in [5.74, 6) is -0.236. The van der Waals surface area contributed by atoms with Crippen LogP contribution in [0.4, 0.5) is 0 Å². The zero-order chi connectivity index (χ0) is 9.61. The van der Waals surface area contributed by atoms with E-state index in [4.69, 9.17) is 4.74 Å².